The van der Waals surface area contributed by atoms with Crippen molar-refractivity contribution in [1.82, 2.24) is 5.32 Å². The first kappa shape index (κ1) is 14.1. The highest BCUT2D eigenvalue weighted by molar-refractivity contribution is 5.33. The molecule has 0 aliphatic heterocycles. The molecule has 2 nitrogen and oxygen atoms in total. The number of hydrogen-bond donors (Lipinski definition) is 1. The lowest BCUT2D eigenvalue weighted by Crippen LogP contribution is -2.25. The maximum Gasteiger partial charge on any atom is 0.131 e. The van der Waals surface area contributed by atoms with Crippen molar-refractivity contribution >= 4 is 0 Å². The summed E-state index contributed by atoms with van der Waals surface area (Å²) in [6.45, 7) is 0.537. The highest BCUT2D eigenvalue weighted by Gasteiger charge is 2.19. The molecule has 1 atom stereocenters. The van der Waals surface area contributed by atoms with E-state index in [0.717, 1.165) is 12.8 Å². The van der Waals surface area contributed by atoms with Gasteiger partial charge >= 0.3 is 0 Å². The van der Waals surface area contributed by atoms with Crippen molar-refractivity contribution in [3.63, 3.8) is 0 Å². The van der Waals surface area contributed by atoms with Crippen molar-refractivity contribution in [2.75, 3.05) is 7.11 Å². The monoisotopic (exact) mass is 285 g/mol. The van der Waals surface area contributed by atoms with Crippen LogP contribution in [-0.2, 0) is 13.0 Å². The molecule has 1 N–H and O–H groups in total. The molecule has 0 fully saturated rings. The number of hydrogen-bond acceptors (Lipinski definition) is 2. The number of rotatable bonds is 4. The van der Waals surface area contributed by atoms with Crippen molar-refractivity contribution in [1.29, 1.82) is 0 Å². The lowest BCUT2D eigenvalue weighted by atomic mass is 9.87. The van der Waals surface area contributed by atoms with Gasteiger partial charge in [-0.05, 0) is 36.5 Å². The van der Waals surface area contributed by atoms with Crippen LogP contribution in [0.25, 0.3) is 0 Å². The van der Waals surface area contributed by atoms with E-state index in [1.807, 2.05) is 0 Å². The topological polar surface area (TPSA) is 21.3 Å². The lowest BCUT2D eigenvalue weighted by Gasteiger charge is -2.26. The summed E-state index contributed by atoms with van der Waals surface area (Å²) in [7, 11) is 1.55. The fourth-order valence-electron chi connectivity index (χ4n) is 3.00. The molecule has 2 aromatic rings. The Hall–Kier alpha value is -1.87. The Kier molecular flexibility index (Phi) is 4.20. The summed E-state index contributed by atoms with van der Waals surface area (Å²) >= 11 is 0. The molecule has 0 heterocycles. The Morgan fingerprint density at radius 1 is 1.24 bits per heavy atom. The van der Waals surface area contributed by atoms with Crippen molar-refractivity contribution in [2.24, 2.45) is 0 Å². The van der Waals surface area contributed by atoms with E-state index in [1.54, 1.807) is 19.2 Å². The van der Waals surface area contributed by atoms with Crippen LogP contribution in [0, 0.1) is 5.82 Å². The first-order valence-electron chi connectivity index (χ1n) is 7.41. The minimum absolute atomic E-state index is 0.217. The lowest BCUT2D eigenvalue weighted by molar-refractivity contribution is 0.409. The molecule has 0 amide bonds. The smallest absolute Gasteiger partial charge is 0.131 e. The zero-order chi connectivity index (χ0) is 14.7. The van der Waals surface area contributed by atoms with Gasteiger partial charge in [-0.1, -0.05) is 30.3 Å². The summed E-state index contributed by atoms with van der Waals surface area (Å²) in [5.74, 6) is 0.338. The van der Waals surface area contributed by atoms with Crippen molar-refractivity contribution in [3.05, 3.63) is 65.0 Å². The molecule has 1 aliphatic rings. The molecule has 1 aliphatic carbocycles. The molecule has 0 bridgehead atoms. The second-order valence-electron chi connectivity index (χ2n) is 5.48. The summed E-state index contributed by atoms with van der Waals surface area (Å²) in [5.41, 5.74) is 3.45. The van der Waals surface area contributed by atoms with Crippen LogP contribution < -0.4 is 10.1 Å². The minimum Gasteiger partial charge on any atom is -0.497 e. The van der Waals surface area contributed by atoms with Crippen molar-refractivity contribution in [3.8, 4) is 5.75 Å². The summed E-state index contributed by atoms with van der Waals surface area (Å²) < 4.78 is 19.0. The number of methoxy groups -OCH3 is 1. The molecule has 3 heteroatoms. The Morgan fingerprint density at radius 3 is 2.90 bits per heavy atom. The van der Waals surface area contributed by atoms with Gasteiger partial charge in [0.15, 0.2) is 0 Å². The maximum absolute atomic E-state index is 14.0. The largest absolute Gasteiger partial charge is 0.497 e. The van der Waals surface area contributed by atoms with Crippen LogP contribution in [-0.4, -0.2) is 7.11 Å². The second-order valence-corrected chi connectivity index (χ2v) is 5.48. The van der Waals surface area contributed by atoms with Crippen LogP contribution in [0.5, 0.6) is 5.75 Å². The number of benzene rings is 2. The molecule has 1 unspecified atom stereocenters. The second kappa shape index (κ2) is 6.27. The van der Waals surface area contributed by atoms with Gasteiger partial charge in [0, 0.05) is 24.2 Å². The Labute approximate surface area is 125 Å². The normalized spacial score (nSPS) is 17.3. The average Bonchev–Trinajstić information content (AvgIpc) is 2.53. The number of nitrogens with one attached hydrogen (secondary N) is 1. The average molecular weight is 285 g/mol. The van der Waals surface area contributed by atoms with Crippen LogP contribution in [0.4, 0.5) is 4.39 Å². The predicted octanol–water partition coefficient (Wildman–Crippen LogP) is 4.00. The highest BCUT2D eigenvalue weighted by Crippen LogP contribution is 2.29. The fourth-order valence-corrected chi connectivity index (χ4v) is 3.00. The molecule has 0 radical (unpaired) electrons. The zero-order valence-corrected chi connectivity index (χ0v) is 12.2. The van der Waals surface area contributed by atoms with Crippen LogP contribution in [0.3, 0.4) is 0 Å². The van der Waals surface area contributed by atoms with E-state index in [-0.39, 0.29) is 5.82 Å². The van der Waals surface area contributed by atoms with Gasteiger partial charge in [-0.3, -0.25) is 0 Å². The van der Waals surface area contributed by atoms with Crippen LogP contribution in [0.15, 0.2) is 42.5 Å². The van der Waals surface area contributed by atoms with Gasteiger partial charge < -0.3 is 10.1 Å². The Bertz CT molecular complexity index is 626. The molecule has 21 heavy (non-hydrogen) atoms. The Balaban J connectivity index is 1.71. The molecule has 0 saturated heterocycles. The van der Waals surface area contributed by atoms with E-state index < -0.39 is 0 Å². The maximum atomic E-state index is 14.0. The third-order valence-electron chi connectivity index (χ3n) is 4.17. The van der Waals surface area contributed by atoms with E-state index in [2.05, 4.69) is 29.6 Å². The number of aryl methyl sites for hydroxylation is 1. The predicted molar refractivity (Wildman–Crippen MR) is 81.9 cm³/mol. The van der Waals surface area contributed by atoms with Gasteiger partial charge in [-0.2, -0.15) is 0 Å². The molecule has 110 valence electrons. The van der Waals surface area contributed by atoms with Gasteiger partial charge in [0.1, 0.15) is 11.6 Å². The van der Waals surface area contributed by atoms with Crippen LogP contribution in [0.2, 0.25) is 0 Å². The molecular weight excluding hydrogens is 265 g/mol. The van der Waals surface area contributed by atoms with Crippen LogP contribution in [0.1, 0.15) is 35.6 Å². The van der Waals surface area contributed by atoms with Crippen molar-refractivity contribution in [2.45, 2.75) is 31.8 Å². The van der Waals surface area contributed by atoms with Gasteiger partial charge in [-0.15, -0.1) is 0 Å². The molecule has 0 spiro atoms. The molecular formula is C18H20FNO. The SMILES string of the molecule is COc1ccc(CNC2CCCc3ccccc32)c(F)c1. The van der Waals surface area contributed by atoms with Gasteiger partial charge in [0.2, 0.25) is 0 Å². The quantitative estimate of drug-likeness (QED) is 0.916. The summed E-state index contributed by atoms with van der Waals surface area (Å²) in [4.78, 5) is 0. The van der Waals surface area contributed by atoms with E-state index in [4.69, 9.17) is 4.74 Å². The zero-order valence-electron chi connectivity index (χ0n) is 12.2. The Morgan fingerprint density at radius 2 is 2.10 bits per heavy atom. The molecule has 0 saturated carbocycles. The van der Waals surface area contributed by atoms with E-state index in [9.17, 15) is 4.39 Å². The number of halogens is 1. The third kappa shape index (κ3) is 3.08. The van der Waals surface area contributed by atoms with E-state index in [1.165, 1.54) is 23.6 Å². The highest BCUT2D eigenvalue weighted by atomic mass is 19.1. The standard InChI is InChI=1S/C18H20FNO/c1-21-15-10-9-14(17(19)11-15)12-20-18-8-4-6-13-5-2-3-7-16(13)18/h2-3,5,7,9-11,18,20H,4,6,8,12H2,1H3. The van der Waals surface area contributed by atoms with Gasteiger partial charge in [0.25, 0.3) is 0 Å². The minimum atomic E-state index is -0.217. The van der Waals surface area contributed by atoms with Crippen molar-refractivity contribution < 1.29 is 9.13 Å². The van der Waals surface area contributed by atoms with Crippen LogP contribution >= 0.6 is 0 Å². The summed E-state index contributed by atoms with van der Waals surface area (Å²) in [6.07, 6.45) is 3.43. The first-order valence-corrected chi connectivity index (χ1v) is 7.41. The van der Waals surface area contributed by atoms with E-state index >= 15 is 0 Å². The molecule has 0 aromatic heterocycles. The molecule has 2 aromatic carbocycles. The van der Waals surface area contributed by atoms with Gasteiger partial charge in [0.05, 0.1) is 7.11 Å². The van der Waals surface area contributed by atoms with Gasteiger partial charge in [-0.25, -0.2) is 4.39 Å². The fraction of sp³-hybridized carbons (Fsp3) is 0.333. The first-order chi connectivity index (χ1) is 10.3. The summed E-state index contributed by atoms with van der Waals surface area (Å²) in [6, 6.07) is 13.9. The third-order valence-corrected chi connectivity index (χ3v) is 4.17. The number of ether oxygens (including phenoxy) is 1. The summed E-state index contributed by atoms with van der Waals surface area (Å²) in [5, 5.41) is 3.49. The molecule has 3 rings (SSSR count). The number of fused-ring (bicyclic) bond motifs is 1. The van der Waals surface area contributed by atoms with E-state index in [0.29, 0.717) is 23.9 Å².